The van der Waals surface area contributed by atoms with Crippen LogP contribution in [0.1, 0.15) is 44.6 Å². The second-order valence-electron chi connectivity index (χ2n) is 7.49. The van der Waals surface area contributed by atoms with Crippen molar-refractivity contribution in [2.45, 2.75) is 50.5 Å². The number of halogens is 1. The summed E-state index contributed by atoms with van der Waals surface area (Å²) in [7, 11) is 1.63. The molecule has 1 saturated carbocycles. The molecule has 1 N–H and O–H groups in total. The van der Waals surface area contributed by atoms with E-state index in [1.165, 1.54) is 6.42 Å². The summed E-state index contributed by atoms with van der Waals surface area (Å²) >= 11 is 6.38. The van der Waals surface area contributed by atoms with E-state index < -0.39 is 5.41 Å². The summed E-state index contributed by atoms with van der Waals surface area (Å²) in [5.41, 5.74) is 1.29. The molecule has 1 aliphatic carbocycles. The van der Waals surface area contributed by atoms with Crippen LogP contribution in [0.5, 0.6) is 5.75 Å². The molecule has 0 aliphatic heterocycles. The van der Waals surface area contributed by atoms with Crippen molar-refractivity contribution in [3.63, 3.8) is 0 Å². The average molecular weight is 402 g/mol. The Morgan fingerprint density at radius 2 is 1.86 bits per heavy atom. The van der Waals surface area contributed by atoms with Crippen LogP contribution in [0.2, 0.25) is 5.02 Å². The fourth-order valence-electron chi connectivity index (χ4n) is 3.97. The summed E-state index contributed by atoms with van der Waals surface area (Å²) in [5, 5.41) is 3.56. The highest BCUT2D eigenvalue weighted by Crippen LogP contribution is 2.40. The summed E-state index contributed by atoms with van der Waals surface area (Å²) in [6.45, 7) is 2.40. The summed E-state index contributed by atoms with van der Waals surface area (Å²) < 4.78 is 10.9. The van der Waals surface area contributed by atoms with Gasteiger partial charge in [-0.1, -0.05) is 61.2 Å². The van der Waals surface area contributed by atoms with Crippen LogP contribution < -0.4 is 10.1 Å². The van der Waals surface area contributed by atoms with Gasteiger partial charge in [-0.15, -0.1) is 0 Å². The third kappa shape index (κ3) is 4.68. The van der Waals surface area contributed by atoms with Gasteiger partial charge in [0.2, 0.25) is 5.91 Å². The van der Waals surface area contributed by atoms with Crippen molar-refractivity contribution < 1.29 is 14.3 Å². The molecule has 150 valence electrons. The first kappa shape index (κ1) is 20.7. The zero-order chi connectivity index (χ0) is 20.0. The Morgan fingerprint density at radius 3 is 2.50 bits per heavy atom. The van der Waals surface area contributed by atoms with E-state index in [1.807, 2.05) is 31.2 Å². The lowest BCUT2D eigenvalue weighted by atomic mass is 9.68. The monoisotopic (exact) mass is 401 g/mol. The van der Waals surface area contributed by atoms with Crippen molar-refractivity contribution in [2.75, 3.05) is 19.0 Å². The molecular weight excluding hydrogens is 374 g/mol. The Kier molecular flexibility index (Phi) is 6.97. The standard InChI is InChI=1S/C23H28ClNO3/c1-17(16-27-2)28-21-12-11-19(15-20(21)24)25-22(26)23(13-7-4-8-14-23)18-9-5-3-6-10-18/h3,5-6,9-12,15,17H,4,7-8,13-14,16H2,1-2H3,(H,25,26)/t17-/m1/s1. The number of amides is 1. The molecule has 0 aromatic heterocycles. The first-order valence-electron chi connectivity index (χ1n) is 9.87. The molecule has 0 saturated heterocycles. The molecule has 0 radical (unpaired) electrons. The Bertz CT molecular complexity index is 788. The number of carbonyl (C=O) groups is 1. The van der Waals surface area contributed by atoms with Gasteiger partial charge in [0.15, 0.2) is 0 Å². The summed E-state index contributed by atoms with van der Waals surface area (Å²) in [6, 6.07) is 15.5. The van der Waals surface area contributed by atoms with Gasteiger partial charge in [-0.05, 0) is 43.5 Å². The maximum atomic E-state index is 13.3. The molecule has 2 aromatic carbocycles. The first-order chi connectivity index (χ1) is 13.5. The molecular formula is C23H28ClNO3. The molecule has 5 heteroatoms. The number of hydrogen-bond donors (Lipinski definition) is 1. The van der Waals surface area contributed by atoms with E-state index in [-0.39, 0.29) is 12.0 Å². The quantitative estimate of drug-likeness (QED) is 0.657. The SMILES string of the molecule is COC[C@@H](C)Oc1ccc(NC(=O)C2(c3ccccc3)CCCCC2)cc1Cl. The predicted octanol–water partition coefficient (Wildman–Crippen LogP) is 5.59. The van der Waals surface area contributed by atoms with Crippen molar-refractivity contribution in [2.24, 2.45) is 0 Å². The lowest BCUT2D eigenvalue weighted by Gasteiger charge is -2.36. The maximum Gasteiger partial charge on any atom is 0.235 e. The average Bonchev–Trinajstić information content (AvgIpc) is 2.71. The fraction of sp³-hybridized carbons (Fsp3) is 0.435. The molecule has 0 bridgehead atoms. The van der Waals surface area contributed by atoms with E-state index in [9.17, 15) is 4.79 Å². The minimum absolute atomic E-state index is 0.0379. The van der Waals surface area contributed by atoms with Crippen molar-refractivity contribution >= 4 is 23.2 Å². The van der Waals surface area contributed by atoms with Crippen LogP contribution in [-0.2, 0) is 14.9 Å². The summed E-state index contributed by atoms with van der Waals surface area (Å²) in [6.07, 6.45) is 4.94. The second-order valence-corrected chi connectivity index (χ2v) is 7.90. The number of ether oxygens (including phenoxy) is 2. The molecule has 2 aromatic rings. The van der Waals surface area contributed by atoms with Crippen molar-refractivity contribution in [1.29, 1.82) is 0 Å². The minimum atomic E-state index is -0.478. The molecule has 1 fully saturated rings. The number of anilines is 1. The van der Waals surface area contributed by atoms with Crippen LogP contribution in [0.4, 0.5) is 5.69 Å². The van der Waals surface area contributed by atoms with Gasteiger partial charge in [0.25, 0.3) is 0 Å². The van der Waals surface area contributed by atoms with Crippen molar-refractivity contribution in [3.05, 3.63) is 59.1 Å². The molecule has 28 heavy (non-hydrogen) atoms. The lowest BCUT2D eigenvalue weighted by Crippen LogP contribution is -2.42. The Morgan fingerprint density at radius 1 is 1.14 bits per heavy atom. The van der Waals surface area contributed by atoms with Crippen LogP contribution in [0.25, 0.3) is 0 Å². The van der Waals surface area contributed by atoms with Crippen LogP contribution >= 0.6 is 11.6 Å². The third-order valence-electron chi connectivity index (χ3n) is 5.39. The van der Waals surface area contributed by atoms with Gasteiger partial charge >= 0.3 is 0 Å². The van der Waals surface area contributed by atoms with E-state index >= 15 is 0 Å². The molecule has 3 rings (SSSR count). The highest BCUT2D eigenvalue weighted by atomic mass is 35.5. The number of methoxy groups -OCH3 is 1. The number of benzene rings is 2. The number of hydrogen-bond acceptors (Lipinski definition) is 3. The zero-order valence-electron chi connectivity index (χ0n) is 16.5. The largest absolute Gasteiger partial charge is 0.487 e. The van der Waals surface area contributed by atoms with Crippen LogP contribution in [-0.4, -0.2) is 25.7 Å². The van der Waals surface area contributed by atoms with E-state index in [0.29, 0.717) is 23.1 Å². The molecule has 1 aliphatic rings. The van der Waals surface area contributed by atoms with Crippen molar-refractivity contribution in [3.8, 4) is 5.75 Å². The molecule has 1 atom stereocenters. The minimum Gasteiger partial charge on any atom is -0.487 e. The number of nitrogens with one attached hydrogen (secondary N) is 1. The Balaban J connectivity index is 1.78. The highest BCUT2D eigenvalue weighted by molar-refractivity contribution is 6.32. The number of rotatable bonds is 7. The van der Waals surface area contributed by atoms with Gasteiger partial charge in [0.05, 0.1) is 17.0 Å². The zero-order valence-corrected chi connectivity index (χ0v) is 17.3. The van der Waals surface area contributed by atoms with E-state index in [0.717, 1.165) is 31.2 Å². The first-order valence-corrected chi connectivity index (χ1v) is 10.2. The number of carbonyl (C=O) groups excluding carboxylic acids is 1. The van der Waals surface area contributed by atoms with Gasteiger partial charge in [0, 0.05) is 12.8 Å². The predicted molar refractivity (Wildman–Crippen MR) is 113 cm³/mol. The van der Waals surface area contributed by atoms with E-state index in [2.05, 4.69) is 17.4 Å². The molecule has 0 heterocycles. The molecule has 0 spiro atoms. The van der Waals surface area contributed by atoms with Gasteiger partial charge < -0.3 is 14.8 Å². The lowest BCUT2D eigenvalue weighted by molar-refractivity contribution is -0.122. The normalized spacial score (nSPS) is 17.0. The maximum absolute atomic E-state index is 13.3. The van der Waals surface area contributed by atoms with E-state index in [1.54, 1.807) is 19.2 Å². The molecule has 4 nitrogen and oxygen atoms in total. The van der Waals surface area contributed by atoms with Crippen LogP contribution in [0.3, 0.4) is 0 Å². The van der Waals surface area contributed by atoms with Gasteiger partial charge in [-0.2, -0.15) is 0 Å². The molecule has 0 unspecified atom stereocenters. The highest BCUT2D eigenvalue weighted by Gasteiger charge is 2.41. The van der Waals surface area contributed by atoms with Crippen molar-refractivity contribution in [1.82, 2.24) is 0 Å². The van der Waals surface area contributed by atoms with Gasteiger partial charge in [0.1, 0.15) is 11.9 Å². The van der Waals surface area contributed by atoms with Gasteiger partial charge in [-0.3, -0.25) is 4.79 Å². The molecule has 1 amide bonds. The Hall–Kier alpha value is -2.04. The second kappa shape index (κ2) is 9.44. The Labute approximate surface area is 172 Å². The smallest absolute Gasteiger partial charge is 0.235 e. The third-order valence-corrected chi connectivity index (χ3v) is 5.68. The van der Waals surface area contributed by atoms with E-state index in [4.69, 9.17) is 21.1 Å². The summed E-state index contributed by atoms with van der Waals surface area (Å²) in [4.78, 5) is 13.3. The fourth-order valence-corrected chi connectivity index (χ4v) is 4.19. The summed E-state index contributed by atoms with van der Waals surface area (Å²) in [5.74, 6) is 0.621. The van der Waals surface area contributed by atoms with Crippen LogP contribution in [0, 0.1) is 0 Å². The topological polar surface area (TPSA) is 47.6 Å². The van der Waals surface area contributed by atoms with Crippen LogP contribution in [0.15, 0.2) is 48.5 Å². The van der Waals surface area contributed by atoms with Gasteiger partial charge in [-0.25, -0.2) is 0 Å².